The average Bonchev–Trinajstić information content (AvgIpc) is 3.36. The Labute approximate surface area is 165 Å². The van der Waals surface area contributed by atoms with Gasteiger partial charge in [-0.1, -0.05) is 20.8 Å². The lowest BCUT2D eigenvalue weighted by Crippen LogP contribution is -2.36. The second-order valence-electron chi connectivity index (χ2n) is 7.39. The number of aliphatic imine (C=N–C) groups is 1. The average molecular weight is 381 g/mol. The van der Waals surface area contributed by atoms with Crippen LogP contribution in [0.5, 0.6) is 0 Å². The van der Waals surface area contributed by atoms with E-state index in [0.29, 0.717) is 24.9 Å². The Morgan fingerprint density at radius 3 is 2.75 bits per heavy atom. The standard InChI is InChI=1S/C20H27N7O/c1-5-21-19(25-14-18-23-13-16(28-18)20(2,3)4)24-12-15-7-9-22-17(11-15)27-10-6-8-26-27/h6-11,13H,5,12,14H2,1-4H3,(H2,21,24,25). The molecule has 3 aromatic heterocycles. The smallest absolute Gasteiger partial charge is 0.213 e. The lowest BCUT2D eigenvalue weighted by molar-refractivity contribution is 0.379. The Bertz CT molecular complexity index is 907. The van der Waals surface area contributed by atoms with Crippen molar-refractivity contribution in [3.63, 3.8) is 0 Å². The molecule has 0 spiro atoms. The zero-order chi connectivity index (χ0) is 20.0. The van der Waals surface area contributed by atoms with Gasteiger partial charge in [0, 0.05) is 30.6 Å². The van der Waals surface area contributed by atoms with Crippen molar-refractivity contribution in [2.45, 2.75) is 46.2 Å². The number of guanidine groups is 1. The highest BCUT2D eigenvalue weighted by Crippen LogP contribution is 2.22. The minimum absolute atomic E-state index is 0.0581. The maximum Gasteiger partial charge on any atom is 0.213 e. The maximum absolute atomic E-state index is 5.82. The quantitative estimate of drug-likeness (QED) is 0.504. The molecule has 0 saturated heterocycles. The third-order valence-corrected chi connectivity index (χ3v) is 4.01. The van der Waals surface area contributed by atoms with Gasteiger partial charge in [-0.25, -0.2) is 19.6 Å². The van der Waals surface area contributed by atoms with Crippen molar-refractivity contribution >= 4 is 5.96 Å². The fourth-order valence-corrected chi connectivity index (χ4v) is 2.50. The number of hydrogen-bond acceptors (Lipinski definition) is 5. The van der Waals surface area contributed by atoms with Gasteiger partial charge in [0.05, 0.1) is 19.3 Å². The third-order valence-electron chi connectivity index (χ3n) is 4.01. The van der Waals surface area contributed by atoms with Crippen LogP contribution in [-0.2, 0) is 18.5 Å². The summed E-state index contributed by atoms with van der Waals surface area (Å²) < 4.78 is 7.55. The van der Waals surface area contributed by atoms with Gasteiger partial charge in [0.1, 0.15) is 5.76 Å². The van der Waals surface area contributed by atoms with E-state index in [4.69, 9.17) is 4.42 Å². The van der Waals surface area contributed by atoms with Gasteiger partial charge in [0.2, 0.25) is 5.89 Å². The first kappa shape index (κ1) is 19.6. The number of hydrogen-bond donors (Lipinski definition) is 2. The summed E-state index contributed by atoms with van der Waals surface area (Å²) in [7, 11) is 0. The molecule has 8 heteroatoms. The van der Waals surface area contributed by atoms with E-state index in [1.165, 1.54) is 0 Å². The highest BCUT2D eigenvalue weighted by Gasteiger charge is 2.19. The third kappa shape index (κ3) is 5.18. The predicted molar refractivity (Wildman–Crippen MR) is 108 cm³/mol. The molecule has 0 atom stereocenters. The van der Waals surface area contributed by atoms with E-state index in [1.807, 2.05) is 31.3 Å². The largest absolute Gasteiger partial charge is 0.443 e. The second kappa shape index (κ2) is 8.69. The van der Waals surface area contributed by atoms with E-state index in [2.05, 4.69) is 51.5 Å². The topological polar surface area (TPSA) is 93.2 Å². The molecule has 2 N–H and O–H groups in total. The zero-order valence-electron chi connectivity index (χ0n) is 16.8. The molecule has 3 heterocycles. The molecular formula is C20H27N7O. The summed E-state index contributed by atoms with van der Waals surface area (Å²) in [6.45, 7) is 10.1. The van der Waals surface area contributed by atoms with E-state index < -0.39 is 0 Å². The van der Waals surface area contributed by atoms with Gasteiger partial charge in [-0.15, -0.1) is 0 Å². The van der Waals surface area contributed by atoms with E-state index >= 15 is 0 Å². The molecule has 0 aliphatic heterocycles. The zero-order valence-corrected chi connectivity index (χ0v) is 16.8. The Morgan fingerprint density at radius 2 is 2.07 bits per heavy atom. The van der Waals surface area contributed by atoms with Crippen LogP contribution in [0.1, 0.15) is 44.9 Å². The summed E-state index contributed by atoms with van der Waals surface area (Å²) in [5.41, 5.74) is 0.987. The van der Waals surface area contributed by atoms with E-state index in [1.54, 1.807) is 23.3 Å². The molecule has 3 aromatic rings. The van der Waals surface area contributed by atoms with Crippen molar-refractivity contribution in [1.82, 2.24) is 30.4 Å². The van der Waals surface area contributed by atoms with Crippen molar-refractivity contribution in [3.05, 3.63) is 60.2 Å². The molecule has 0 aliphatic carbocycles. The van der Waals surface area contributed by atoms with Gasteiger partial charge in [0.15, 0.2) is 11.8 Å². The molecule has 0 aromatic carbocycles. The summed E-state index contributed by atoms with van der Waals surface area (Å²) >= 11 is 0. The molecule has 0 amide bonds. The molecule has 148 valence electrons. The Balaban J connectivity index is 1.64. The van der Waals surface area contributed by atoms with Gasteiger partial charge in [0.25, 0.3) is 0 Å². The lowest BCUT2D eigenvalue weighted by Gasteiger charge is -2.13. The first-order chi connectivity index (χ1) is 13.5. The number of pyridine rings is 1. The van der Waals surface area contributed by atoms with Crippen molar-refractivity contribution < 1.29 is 4.42 Å². The molecule has 0 unspecified atom stereocenters. The number of nitrogens with zero attached hydrogens (tertiary/aromatic N) is 5. The van der Waals surface area contributed by atoms with Crippen LogP contribution in [0.25, 0.3) is 5.82 Å². The number of nitrogens with one attached hydrogen (secondary N) is 2. The lowest BCUT2D eigenvalue weighted by atomic mass is 9.94. The van der Waals surface area contributed by atoms with Crippen molar-refractivity contribution in [3.8, 4) is 5.82 Å². The van der Waals surface area contributed by atoms with E-state index in [9.17, 15) is 0 Å². The van der Waals surface area contributed by atoms with Crippen LogP contribution in [0.15, 0.2) is 52.4 Å². The van der Waals surface area contributed by atoms with Crippen molar-refractivity contribution in [2.75, 3.05) is 6.54 Å². The predicted octanol–water partition coefficient (Wildman–Crippen LogP) is 2.81. The summed E-state index contributed by atoms with van der Waals surface area (Å²) in [6, 6.07) is 5.79. The Kier molecular flexibility index (Phi) is 6.08. The SMILES string of the molecule is CCNC(=NCc1ccnc(-n2cccn2)c1)NCc1ncc(C(C)(C)C)o1. The van der Waals surface area contributed by atoms with E-state index in [-0.39, 0.29) is 5.41 Å². The van der Waals surface area contributed by atoms with Gasteiger partial charge in [-0.2, -0.15) is 5.10 Å². The van der Waals surface area contributed by atoms with Gasteiger partial charge in [-0.3, -0.25) is 0 Å². The number of rotatable bonds is 6. The Hall–Kier alpha value is -3.16. The molecule has 0 aliphatic rings. The first-order valence-corrected chi connectivity index (χ1v) is 9.38. The number of oxazole rings is 1. The second-order valence-corrected chi connectivity index (χ2v) is 7.39. The monoisotopic (exact) mass is 381 g/mol. The first-order valence-electron chi connectivity index (χ1n) is 9.38. The minimum Gasteiger partial charge on any atom is -0.443 e. The summed E-state index contributed by atoms with van der Waals surface area (Å²) in [5.74, 6) is 2.98. The van der Waals surface area contributed by atoms with Gasteiger partial charge in [-0.05, 0) is 30.7 Å². The molecule has 0 bridgehead atoms. The van der Waals surface area contributed by atoms with Crippen LogP contribution in [-0.4, -0.2) is 32.3 Å². The molecule has 3 rings (SSSR count). The summed E-state index contributed by atoms with van der Waals surface area (Å²) in [4.78, 5) is 13.3. The van der Waals surface area contributed by atoms with Crippen LogP contribution in [0.2, 0.25) is 0 Å². The molecule has 8 nitrogen and oxygen atoms in total. The molecular weight excluding hydrogens is 354 g/mol. The van der Waals surface area contributed by atoms with Crippen molar-refractivity contribution in [1.29, 1.82) is 0 Å². The van der Waals surface area contributed by atoms with Crippen LogP contribution in [0.4, 0.5) is 0 Å². The maximum atomic E-state index is 5.82. The van der Waals surface area contributed by atoms with Crippen LogP contribution >= 0.6 is 0 Å². The van der Waals surface area contributed by atoms with Crippen LogP contribution < -0.4 is 10.6 Å². The fourth-order valence-electron chi connectivity index (χ4n) is 2.50. The van der Waals surface area contributed by atoms with Gasteiger partial charge >= 0.3 is 0 Å². The molecule has 0 radical (unpaired) electrons. The molecule has 28 heavy (non-hydrogen) atoms. The van der Waals surface area contributed by atoms with Crippen LogP contribution in [0, 0.1) is 0 Å². The number of aromatic nitrogens is 4. The summed E-state index contributed by atoms with van der Waals surface area (Å²) in [6.07, 6.45) is 7.15. The molecule has 0 saturated carbocycles. The van der Waals surface area contributed by atoms with Crippen molar-refractivity contribution in [2.24, 2.45) is 4.99 Å². The van der Waals surface area contributed by atoms with E-state index in [0.717, 1.165) is 23.7 Å². The van der Waals surface area contributed by atoms with Crippen LogP contribution in [0.3, 0.4) is 0 Å². The minimum atomic E-state index is -0.0581. The summed E-state index contributed by atoms with van der Waals surface area (Å²) in [5, 5.41) is 10.7. The highest BCUT2D eigenvalue weighted by atomic mass is 16.4. The molecule has 0 fully saturated rings. The fraction of sp³-hybridized carbons (Fsp3) is 0.400. The normalized spacial score (nSPS) is 12.2. The highest BCUT2D eigenvalue weighted by molar-refractivity contribution is 5.79. The Morgan fingerprint density at radius 1 is 1.21 bits per heavy atom. The van der Waals surface area contributed by atoms with Gasteiger partial charge < -0.3 is 15.1 Å².